The molecular formula is C13H26N2O2. The first-order chi connectivity index (χ1) is 7.61. The zero-order valence-electron chi connectivity index (χ0n) is 12.0. The highest BCUT2D eigenvalue weighted by molar-refractivity contribution is 5.69. The summed E-state index contributed by atoms with van der Waals surface area (Å²) in [6.07, 6.45) is 0.787. The first kappa shape index (κ1) is 14.3. The zero-order valence-corrected chi connectivity index (χ0v) is 12.0. The summed E-state index contributed by atoms with van der Waals surface area (Å²) in [6.45, 7) is 13.7. The Balaban J connectivity index is 2.79. The number of hydrogen-bond acceptors (Lipinski definition) is 3. The molecule has 1 aliphatic heterocycles. The van der Waals surface area contributed by atoms with Crippen LogP contribution in [0.1, 0.15) is 48.0 Å². The molecule has 17 heavy (non-hydrogen) atoms. The summed E-state index contributed by atoms with van der Waals surface area (Å²) >= 11 is 0. The van der Waals surface area contributed by atoms with Crippen LogP contribution in [-0.4, -0.2) is 41.3 Å². The van der Waals surface area contributed by atoms with Crippen LogP contribution in [0.15, 0.2) is 0 Å². The Labute approximate surface area is 105 Å². The van der Waals surface area contributed by atoms with Crippen LogP contribution in [0, 0.1) is 0 Å². The average molecular weight is 242 g/mol. The number of nitrogens with one attached hydrogen (secondary N) is 1. The van der Waals surface area contributed by atoms with Crippen molar-refractivity contribution >= 4 is 6.09 Å². The molecule has 0 aromatic rings. The molecule has 1 N–H and O–H groups in total. The van der Waals surface area contributed by atoms with Crippen molar-refractivity contribution in [1.82, 2.24) is 10.2 Å². The fourth-order valence-electron chi connectivity index (χ4n) is 2.14. The van der Waals surface area contributed by atoms with Crippen LogP contribution in [0.5, 0.6) is 0 Å². The van der Waals surface area contributed by atoms with E-state index in [0.29, 0.717) is 0 Å². The van der Waals surface area contributed by atoms with Gasteiger partial charge in [-0.25, -0.2) is 4.79 Å². The molecule has 0 aromatic carbocycles. The molecule has 4 nitrogen and oxygen atoms in total. The summed E-state index contributed by atoms with van der Waals surface area (Å²) in [4.78, 5) is 14.1. The van der Waals surface area contributed by atoms with Crippen molar-refractivity contribution in [2.24, 2.45) is 0 Å². The van der Waals surface area contributed by atoms with Crippen molar-refractivity contribution in [2.45, 2.75) is 65.1 Å². The summed E-state index contributed by atoms with van der Waals surface area (Å²) in [5.41, 5.74) is -0.647. The molecule has 1 aliphatic rings. The Morgan fingerprint density at radius 2 is 1.82 bits per heavy atom. The van der Waals surface area contributed by atoms with Crippen molar-refractivity contribution < 1.29 is 9.53 Å². The Hall–Kier alpha value is -0.770. The molecule has 1 saturated heterocycles. The second-order valence-electron chi connectivity index (χ2n) is 6.67. The highest BCUT2D eigenvalue weighted by Gasteiger charge is 2.37. The first-order valence-corrected chi connectivity index (χ1v) is 6.34. The van der Waals surface area contributed by atoms with Gasteiger partial charge >= 0.3 is 6.09 Å². The van der Waals surface area contributed by atoms with Gasteiger partial charge < -0.3 is 10.1 Å². The number of rotatable bonds is 1. The number of carbonyl (C=O) groups excluding carboxylic acids is 1. The second-order valence-corrected chi connectivity index (χ2v) is 6.67. The standard InChI is InChI=1S/C13H26N2O2/c1-12(2,3)15(10-7-8-14-9-10)11(16)17-13(4,5)6/h10,14H,7-9H2,1-6H3/t10-/m1/s1. The van der Waals surface area contributed by atoms with Crippen LogP contribution in [0.25, 0.3) is 0 Å². The van der Waals surface area contributed by atoms with Crippen LogP contribution in [0.4, 0.5) is 4.79 Å². The molecule has 0 aliphatic carbocycles. The predicted molar refractivity (Wildman–Crippen MR) is 69.1 cm³/mol. The summed E-state index contributed by atoms with van der Waals surface area (Å²) < 4.78 is 5.50. The molecule has 0 saturated carbocycles. The van der Waals surface area contributed by atoms with E-state index in [9.17, 15) is 4.79 Å². The number of ether oxygens (including phenoxy) is 1. The zero-order chi connectivity index (χ0) is 13.3. The quantitative estimate of drug-likeness (QED) is 0.767. The summed E-state index contributed by atoms with van der Waals surface area (Å²) in [6, 6.07) is 0.241. The van der Waals surface area contributed by atoms with Crippen molar-refractivity contribution in [2.75, 3.05) is 13.1 Å². The minimum atomic E-state index is -0.438. The van der Waals surface area contributed by atoms with Crippen LogP contribution in [0.3, 0.4) is 0 Å². The molecule has 0 unspecified atom stereocenters. The maximum absolute atomic E-state index is 12.3. The Morgan fingerprint density at radius 3 is 2.18 bits per heavy atom. The topological polar surface area (TPSA) is 41.6 Å². The van der Waals surface area contributed by atoms with Gasteiger partial charge in [-0.2, -0.15) is 0 Å². The van der Waals surface area contributed by atoms with E-state index in [1.807, 2.05) is 25.7 Å². The summed E-state index contributed by atoms with van der Waals surface area (Å²) in [5, 5.41) is 3.29. The van der Waals surface area contributed by atoms with Crippen molar-refractivity contribution in [3.05, 3.63) is 0 Å². The molecule has 1 atom stereocenters. The van der Waals surface area contributed by atoms with Gasteiger partial charge in [0.25, 0.3) is 0 Å². The second kappa shape index (κ2) is 4.84. The van der Waals surface area contributed by atoms with Crippen LogP contribution >= 0.6 is 0 Å². The van der Waals surface area contributed by atoms with E-state index >= 15 is 0 Å². The van der Waals surface area contributed by atoms with Crippen LogP contribution in [-0.2, 0) is 4.74 Å². The monoisotopic (exact) mass is 242 g/mol. The molecule has 100 valence electrons. The molecule has 0 radical (unpaired) electrons. The van der Waals surface area contributed by atoms with Gasteiger partial charge in [0, 0.05) is 18.1 Å². The first-order valence-electron chi connectivity index (χ1n) is 6.34. The normalized spacial score (nSPS) is 21.4. The number of hydrogen-bond donors (Lipinski definition) is 1. The Bertz CT molecular complexity index is 270. The SMILES string of the molecule is CC(C)(C)OC(=O)N([C@@H]1CCNC1)C(C)(C)C. The average Bonchev–Trinajstić information content (AvgIpc) is 2.49. The number of carbonyl (C=O) groups is 1. The van der Waals surface area contributed by atoms with Crippen molar-refractivity contribution in [1.29, 1.82) is 0 Å². The lowest BCUT2D eigenvalue weighted by molar-refractivity contribution is -0.00493. The van der Waals surface area contributed by atoms with E-state index in [1.54, 1.807) is 0 Å². The van der Waals surface area contributed by atoms with Gasteiger partial charge in [0.15, 0.2) is 0 Å². The molecule has 0 spiro atoms. The van der Waals surface area contributed by atoms with Gasteiger partial charge in [-0.05, 0) is 54.5 Å². The van der Waals surface area contributed by atoms with E-state index in [1.165, 1.54) is 0 Å². The van der Waals surface area contributed by atoms with Crippen molar-refractivity contribution in [3.8, 4) is 0 Å². The molecule has 1 amide bonds. The van der Waals surface area contributed by atoms with Crippen molar-refractivity contribution in [3.63, 3.8) is 0 Å². The predicted octanol–water partition coefficient (Wildman–Crippen LogP) is 2.38. The minimum absolute atomic E-state index is 0.209. The molecule has 1 heterocycles. The molecule has 4 heteroatoms. The van der Waals surface area contributed by atoms with E-state index in [2.05, 4.69) is 26.1 Å². The Kier molecular flexibility index (Phi) is 4.07. The van der Waals surface area contributed by atoms with Gasteiger partial charge in [0.05, 0.1) is 0 Å². The molecule has 1 fully saturated rings. The van der Waals surface area contributed by atoms with Gasteiger partial charge in [-0.3, -0.25) is 4.90 Å². The summed E-state index contributed by atoms with van der Waals surface area (Å²) in [7, 11) is 0. The largest absolute Gasteiger partial charge is 0.444 e. The van der Waals surface area contributed by atoms with Gasteiger partial charge in [0.2, 0.25) is 0 Å². The van der Waals surface area contributed by atoms with E-state index < -0.39 is 5.60 Å². The third-order valence-electron chi connectivity index (χ3n) is 2.71. The minimum Gasteiger partial charge on any atom is -0.444 e. The van der Waals surface area contributed by atoms with Gasteiger partial charge in [0.1, 0.15) is 5.60 Å². The van der Waals surface area contributed by atoms with Crippen LogP contribution < -0.4 is 5.32 Å². The fraction of sp³-hybridized carbons (Fsp3) is 0.923. The fourth-order valence-corrected chi connectivity index (χ4v) is 2.14. The molecule has 1 rings (SSSR count). The molecule has 0 aromatic heterocycles. The summed E-state index contributed by atoms with van der Waals surface area (Å²) in [5.74, 6) is 0. The third kappa shape index (κ3) is 4.19. The lowest BCUT2D eigenvalue weighted by Crippen LogP contribution is -2.53. The molecule has 0 bridgehead atoms. The molecular weight excluding hydrogens is 216 g/mol. The van der Waals surface area contributed by atoms with Crippen LogP contribution in [0.2, 0.25) is 0 Å². The van der Waals surface area contributed by atoms with Gasteiger partial charge in [-0.1, -0.05) is 0 Å². The van der Waals surface area contributed by atoms with E-state index in [0.717, 1.165) is 19.5 Å². The lowest BCUT2D eigenvalue weighted by atomic mass is 10.0. The third-order valence-corrected chi connectivity index (χ3v) is 2.71. The highest BCUT2D eigenvalue weighted by Crippen LogP contribution is 2.23. The van der Waals surface area contributed by atoms with E-state index in [4.69, 9.17) is 4.74 Å². The Morgan fingerprint density at radius 1 is 1.24 bits per heavy atom. The highest BCUT2D eigenvalue weighted by atomic mass is 16.6. The van der Waals surface area contributed by atoms with Gasteiger partial charge in [-0.15, -0.1) is 0 Å². The smallest absolute Gasteiger partial charge is 0.411 e. The number of amides is 1. The lowest BCUT2D eigenvalue weighted by Gasteiger charge is -2.40. The van der Waals surface area contributed by atoms with E-state index in [-0.39, 0.29) is 17.7 Å². The maximum Gasteiger partial charge on any atom is 0.411 e. The number of nitrogens with zero attached hydrogens (tertiary/aromatic N) is 1. The maximum atomic E-state index is 12.3.